The van der Waals surface area contributed by atoms with Crippen molar-refractivity contribution in [3.05, 3.63) is 0 Å². The highest BCUT2D eigenvalue weighted by atomic mass is 32.2. The van der Waals surface area contributed by atoms with Crippen molar-refractivity contribution in [2.75, 3.05) is 39.3 Å². The molecule has 0 saturated heterocycles. The molecule has 0 bridgehead atoms. The maximum atomic E-state index is 13.1. The second-order valence-corrected chi connectivity index (χ2v) is 24.0. The molecule has 0 aliphatic heterocycles. The highest BCUT2D eigenvalue weighted by molar-refractivity contribution is 8.29. The van der Waals surface area contributed by atoms with E-state index in [0.717, 1.165) is 77.0 Å². The van der Waals surface area contributed by atoms with Gasteiger partial charge in [0.1, 0.15) is 0 Å². The fraction of sp³-hybridized carbons (Fsp3) is 0.966. The summed E-state index contributed by atoms with van der Waals surface area (Å²) in [6.45, 7) is 14.4. The van der Waals surface area contributed by atoms with Gasteiger partial charge in [0.05, 0.1) is 29.0 Å². The summed E-state index contributed by atoms with van der Waals surface area (Å²) in [5.41, 5.74) is 0. The molecule has 0 aliphatic carbocycles. The summed E-state index contributed by atoms with van der Waals surface area (Å²) in [6, 6.07) is 0. The van der Waals surface area contributed by atoms with Gasteiger partial charge in [-0.25, -0.2) is 0 Å². The zero-order chi connectivity index (χ0) is 50.1. The first kappa shape index (κ1) is 67.8. The predicted octanol–water partition coefficient (Wildman–Crippen LogP) is 15.6. The maximum absolute atomic E-state index is 13.1. The molecule has 4 N–H and O–H groups in total. The lowest BCUT2D eigenvalue weighted by molar-refractivity contribution is -0.111. The van der Waals surface area contributed by atoms with Crippen LogP contribution in [0.4, 0.5) is 0 Å². The second kappa shape index (κ2) is 51.7. The number of aliphatic hydroxyl groups is 4. The van der Waals surface area contributed by atoms with Crippen molar-refractivity contribution in [1.82, 2.24) is 9.80 Å². The van der Waals surface area contributed by atoms with E-state index in [0.29, 0.717) is 65.0 Å². The number of unbranched alkanes of at least 4 members (excludes halogenated alkanes) is 28. The van der Waals surface area contributed by atoms with Crippen molar-refractivity contribution in [3.8, 4) is 0 Å². The van der Waals surface area contributed by atoms with E-state index in [2.05, 4.69) is 37.5 Å². The van der Waals surface area contributed by atoms with Gasteiger partial charge >= 0.3 is 0 Å². The van der Waals surface area contributed by atoms with E-state index in [9.17, 15) is 30.0 Å². The zero-order valence-electron chi connectivity index (χ0n) is 45.7. The molecule has 0 aliphatic rings. The van der Waals surface area contributed by atoms with Gasteiger partial charge in [0.2, 0.25) is 0 Å². The molecule has 10 heteroatoms. The molecule has 8 nitrogen and oxygen atoms in total. The third kappa shape index (κ3) is 48.1. The highest BCUT2D eigenvalue weighted by Gasteiger charge is 2.20. The Morgan fingerprint density at radius 3 is 0.765 bits per heavy atom. The summed E-state index contributed by atoms with van der Waals surface area (Å²) in [7, 11) is 0. The van der Waals surface area contributed by atoms with Crippen LogP contribution >= 0.6 is 23.5 Å². The van der Waals surface area contributed by atoms with E-state index in [1.807, 2.05) is 6.92 Å². The van der Waals surface area contributed by atoms with Crippen LogP contribution in [-0.2, 0) is 9.59 Å². The van der Waals surface area contributed by atoms with Gasteiger partial charge in [-0.15, -0.1) is 0 Å². The van der Waals surface area contributed by atoms with Gasteiger partial charge in [0.15, 0.2) is 10.2 Å². The van der Waals surface area contributed by atoms with Gasteiger partial charge in [0, 0.05) is 39.0 Å². The molecule has 4 unspecified atom stereocenters. The molecule has 0 aromatic heterocycles. The van der Waals surface area contributed by atoms with E-state index in [1.54, 1.807) is 0 Å². The summed E-state index contributed by atoms with van der Waals surface area (Å²) >= 11 is 2.50. The second-order valence-electron chi connectivity index (χ2n) is 20.9. The molecule has 0 aromatic rings. The van der Waals surface area contributed by atoms with Gasteiger partial charge in [-0.3, -0.25) is 19.4 Å². The van der Waals surface area contributed by atoms with Crippen LogP contribution in [0.1, 0.15) is 291 Å². The first-order valence-corrected chi connectivity index (χ1v) is 31.4. The van der Waals surface area contributed by atoms with E-state index < -0.39 is 24.4 Å². The molecule has 406 valence electrons. The Morgan fingerprint density at radius 1 is 0.338 bits per heavy atom. The van der Waals surface area contributed by atoms with E-state index >= 15 is 0 Å². The van der Waals surface area contributed by atoms with Crippen LogP contribution in [0.25, 0.3) is 0 Å². The van der Waals surface area contributed by atoms with E-state index in [-0.39, 0.29) is 14.8 Å². The van der Waals surface area contributed by atoms with Crippen LogP contribution in [0.2, 0.25) is 0 Å². The highest BCUT2D eigenvalue weighted by Crippen LogP contribution is 2.27. The molecular weight excluding hydrogens is 885 g/mol. The van der Waals surface area contributed by atoms with Crippen molar-refractivity contribution in [1.29, 1.82) is 0 Å². The van der Waals surface area contributed by atoms with Gasteiger partial charge in [0.25, 0.3) is 0 Å². The minimum absolute atomic E-state index is 0.0823. The number of rotatable bonds is 54. The minimum Gasteiger partial charge on any atom is -0.392 e. The standard InChI is InChI=1S/C58H116N2O6S2/c1-6-10-14-18-22-26-30-34-40-53(61)48-59(49-54(62)41-35-31-27-23-19-15-11-7-2)46-38-44-57(65)67-52(5)68-58(66)45-39-47-60(50-55(63)42-36-32-28-24-20-16-12-8-3)51-56(64)43-37-33-29-25-21-17-13-9-4/h52-56,61-64H,6-51H2,1-5H3. The Morgan fingerprint density at radius 2 is 0.544 bits per heavy atom. The van der Waals surface area contributed by atoms with E-state index in [4.69, 9.17) is 0 Å². The number of hydrogen-bond acceptors (Lipinski definition) is 10. The molecule has 0 aromatic carbocycles. The molecule has 4 atom stereocenters. The maximum Gasteiger partial charge on any atom is 0.190 e. The quantitative estimate of drug-likeness (QED) is 0.0346. The average molecular weight is 1000 g/mol. The molecule has 0 saturated carbocycles. The third-order valence-electron chi connectivity index (χ3n) is 13.7. The normalized spacial score (nSPS) is 14.2. The average Bonchev–Trinajstić information content (AvgIpc) is 3.29. The van der Waals surface area contributed by atoms with Crippen molar-refractivity contribution >= 4 is 33.8 Å². The molecule has 0 fully saturated rings. The van der Waals surface area contributed by atoms with Crippen LogP contribution in [0.3, 0.4) is 0 Å². The Labute approximate surface area is 431 Å². The van der Waals surface area contributed by atoms with Crippen LogP contribution < -0.4 is 0 Å². The van der Waals surface area contributed by atoms with Crippen molar-refractivity contribution in [3.63, 3.8) is 0 Å². The Hall–Kier alpha value is -0.200. The summed E-state index contributed by atoms with van der Waals surface area (Å²) in [6.07, 6.45) is 43.1. The van der Waals surface area contributed by atoms with Crippen LogP contribution in [0.15, 0.2) is 0 Å². The Balaban J connectivity index is 4.95. The number of thioether (sulfide) groups is 2. The van der Waals surface area contributed by atoms with Crippen LogP contribution in [0.5, 0.6) is 0 Å². The Bertz CT molecular complexity index is 938. The smallest absolute Gasteiger partial charge is 0.190 e. The fourth-order valence-electron chi connectivity index (χ4n) is 9.53. The molecular formula is C58H116N2O6S2. The first-order chi connectivity index (χ1) is 33.0. The summed E-state index contributed by atoms with van der Waals surface area (Å²) in [5, 5.41) is 44.2. The summed E-state index contributed by atoms with van der Waals surface area (Å²) in [5.74, 6) is 0. The monoisotopic (exact) mass is 1000 g/mol. The van der Waals surface area contributed by atoms with E-state index in [1.165, 1.54) is 178 Å². The lowest BCUT2D eigenvalue weighted by Gasteiger charge is -2.27. The lowest BCUT2D eigenvalue weighted by atomic mass is 10.0. The largest absolute Gasteiger partial charge is 0.392 e. The summed E-state index contributed by atoms with van der Waals surface area (Å²) < 4.78 is -0.175. The molecule has 0 radical (unpaired) electrons. The van der Waals surface area contributed by atoms with Crippen molar-refractivity contribution < 1.29 is 30.0 Å². The molecule has 0 spiro atoms. The van der Waals surface area contributed by atoms with Gasteiger partial charge in [-0.05, 0) is 58.5 Å². The fourth-order valence-corrected chi connectivity index (χ4v) is 11.6. The number of carbonyl (C=O) groups excluding carboxylic acids is 2. The SMILES string of the molecule is CCCCCCCCCCC(O)CN(CCCC(=O)SC(C)SC(=O)CCCN(CC(O)CCCCCCCCCC)CC(O)CCCCCCCCCC)CC(O)CCCCCCCCCC. The van der Waals surface area contributed by atoms with Crippen LogP contribution in [-0.4, -0.2) is 109 Å². The third-order valence-corrected chi connectivity index (χ3v) is 15.9. The van der Waals surface area contributed by atoms with Crippen molar-refractivity contribution in [2.45, 2.75) is 320 Å². The number of aliphatic hydroxyl groups excluding tert-OH is 4. The van der Waals surface area contributed by atoms with Gasteiger partial charge in [-0.2, -0.15) is 0 Å². The summed E-state index contributed by atoms with van der Waals surface area (Å²) in [4.78, 5) is 30.6. The minimum atomic E-state index is -0.431. The number of nitrogens with zero attached hydrogens (tertiary/aromatic N) is 2. The predicted molar refractivity (Wildman–Crippen MR) is 299 cm³/mol. The number of hydrogen-bond donors (Lipinski definition) is 4. The molecule has 0 rings (SSSR count). The van der Waals surface area contributed by atoms with Gasteiger partial charge < -0.3 is 20.4 Å². The first-order valence-electron chi connectivity index (χ1n) is 29.6. The Kier molecular flexibility index (Phi) is 51.5. The topological polar surface area (TPSA) is 122 Å². The molecule has 0 heterocycles. The molecule has 68 heavy (non-hydrogen) atoms. The number of carbonyl (C=O) groups is 2. The van der Waals surface area contributed by atoms with Crippen LogP contribution in [0, 0.1) is 0 Å². The zero-order valence-corrected chi connectivity index (χ0v) is 47.4. The van der Waals surface area contributed by atoms with Gasteiger partial charge in [-0.1, -0.05) is 257 Å². The lowest BCUT2D eigenvalue weighted by Crippen LogP contribution is -2.39. The molecule has 0 amide bonds. The van der Waals surface area contributed by atoms with Crippen molar-refractivity contribution in [2.24, 2.45) is 0 Å².